The van der Waals surface area contributed by atoms with Gasteiger partial charge in [0.05, 0.1) is 5.60 Å². The molecule has 1 aliphatic rings. The fourth-order valence-corrected chi connectivity index (χ4v) is 2.49. The second-order valence-corrected chi connectivity index (χ2v) is 5.10. The standard InChI is InChI=1S/C14H21NO2/c1-14(17-2)8-5-9-15(11-14)10-12-6-3-4-7-13(12)16/h3-4,6-7,16H,5,8-11H2,1-2H3. The molecule has 1 aromatic carbocycles. The molecule has 0 bridgehead atoms. The molecule has 1 atom stereocenters. The van der Waals surface area contributed by atoms with Gasteiger partial charge in [0.1, 0.15) is 5.75 Å². The van der Waals surface area contributed by atoms with Crippen LogP contribution in [0.25, 0.3) is 0 Å². The zero-order valence-electron chi connectivity index (χ0n) is 10.6. The van der Waals surface area contributed by atoms with E-state index in [1.807, 2.05) is 18.2 Å². The molecule has 1 aliphatic heterocycles. The maximum absolute atomic E-state index is 9.77. The number of nitrogens with zero attached hydrogens (tertiary/aromatic N) is 1. The van der Waals surface area contributed by atoms with Crippen LogP contribution in [0.2, 0.25) is 0 Å². The summed E-state index contributed by atoms with van der Waals surface area (Å²) in [5.74, 6) is 0.386. The van der Waals surface area contributed by atoms with E-state index in [1.54, 1.807) is 13.2 Å². The van der Waals surface area contributed by atoms with Crippen molar-refractivity contribution in [3.8, 4) is 5.75 Å². The number of phenolic OH excluding ortho intramolecular Hbond substituents is 1. The van der Waals surface area contributed by atoms with Crippen LogP contribution in [0.4, 0.5) is 0 Å². The molecule has 0 spiro atoms. The van der Waals surface area contributed by atoms with Gasteiger partial charge in [-0.15, -0.1) is 0 Å². The van der Waals surface area contributed by atoms with Gasteiger partial charge in [-0.05, 0) is 32.4 Å². The van der Waals surface area contributed by atoms with Crippen molar-refractivity contribution in [1.82, 2.24) is 4.90 Å². The molecule has 3 heteroatoms. The molecule has 1 unspecified atom stereocenters. The van der Waals surface area contributed by atoms with Gasteiger partial charge in [-0.1, -0.05) is 18.2 Å². The number of para-hydroxylation sites is 1. The van der Waals surface area contributed by atoms with Crippen molar-refractivity contribution < 1.29 is 9.84 Å². The summed E-state index contributed by atoms with van der Waals surface area (Å²) in [6.45, 7) is 4.96. The van der Waals surface area contributed by atoms with Crippen molar-refractivity contribution in [1.29, 1.82) is 0 Å². The van der Waals surface area contributed by atoms with Crippen molar-refractivity contribution >= 4 is 0 Å². The SMILES string of the molecule is COC1(C)CCCN(Cc2ccccc2O)C1. The first-order chi connectivity index (χ1) is 8.13. The van der Waals surface area contributed by atoms with Gasteiger partial charge in [0.2, 0.25) is 0 Å². The zero-order valence-corrected chi connectivity index (χ0v) is 10.6. The molecule has 1 fully saturated rings. The molecule has 1 N–H and O–H groups in total. The molecule has 3 nitrogen and oxygen atoms in total. The van der Waals surface area contributed by atoms with Gasteiger partial charge < -0.3 is 9.84 Å². The summed E-state index contributed by atoms with van der Waals surface area (Å²) >= 11 is 0. The number of phenols is 1. The minimum absolute atomic E-state index is 0.0390. The highest BCUT2D eigenvalue weighted by atomic mass is 16.5. The first-order valence-electron chi connectivity index (χ1n) is 6.17. The number of piperidine rings is 1. The monoisotopic (exact) mass is 235 g/mol. The highest BCUT2D eigenvalue weighted by Gasteiger charge is 2.30. The van der Waals surface area contributed by atoms with Gasteiger partial charge in [-0.2, -0.15) is 0 Å². The van der Waals surface area contributed by atoms with Crippen LogP contribution in [-0.4, -0.2) is 35.8 Å². The van der Waals surface area contributed by atoms with E-state index in [0.717, 1.165) is 38.0 Å². The Labute approximate surface area is 103 Å². The molecule has 0 aliphatic carbocycles. The van der Waals surface area contributed by atoms with Crippen LogP contribution in [0.5, 0.6) is 5.75 Å². The van der Waals surface area contributed by atoms with Gasteiger partial charge in [0.15, 0.2) is 0 Å². The average Bonchev–Trinajstić information content (AvgIpc) is 2.32. The van der Waals surface area contributed by atoms with Gasteiger partial charge in [0.25, 0.3) is 0 Å². The molecule has 1 saturated heterocycles. The Morgan fingerprint density at radius 2 is 2.18 bits per heavy atom. The molecular formula is C14H21NO2. The Kier molecular flexibility index (Phi) is 3.69. The highest BCUT2D eigenvalue weighted by Crippen LogP contribution is 2.26. The number of hydrogen-bond acceptors (Lipinski definition) is 3. The second kappa shape index (κ2) is 5.07. The summed E-state index contributed by atoms with van der Waals surface area (Å²) in [5.41, 5.74) is 0.954. The highest BCUT2D eigenvalue weighted by molar-refractivity contribution is 5.31. The lowest BCUT2D eigenvalue weighted by atomic mass is 9.94. The Balaban J connectivity index is 2.02. The molecule has 2 rings (SSSR count). The average molecular weight is 235 g/mol. The maximum atomic E-state index is 9.77. The third-order valence-electron chi connectivity index (χ3n) is 3.62. The van der Waals surface area contributed by atoms with Crippen LogP contribution in [0.15, 0.2) is 24.3 Å². The number of rotatable bonds is 3. The van der Waals surface area contributed by atoms with Crippen molar-refractivity contribution in [3.05, 3.63) is 29.8 Å². The first kappa shape index (κ1) is 12.4. The lowest BCUT2D eigenvalue weighted by Crippen LogP contribution is -2.46. The van der Waals surface area contributed by atoms with E-state index >= 15 is 0 Å². The predicted octanol–water partition coefficient (Wildman–Crippen LogP) is 2.39. The Morgan fingerprint density at radius 1 is 1.41 bits per heavy atom. The second-order valence-electron chi connectivity index (χ2n) is 5.10. The van der Waals surface area contributed by atoms with Crippen molar-refractivity contribution in [2.45, 2.75) is 31.9 Å². The number of methoxy groups -OCH3 is 1. The van der Waals surface area contributed by atoms with Crippen LogP contribution in [-0.2, 0) is 11.3 Å². The summed E-state index contributed by atoms with van der Waals surface area (Å²) in [5, 5.41) is 9.77. The fraction of sp³-hybridized carbons (Fsp3) is 0.571. The summed E-state index contributed by atoms with van der Waals surface area (Å²) in [7, 11) is 1.78. The first-order valence-corrected chi connectivity index (χ1v) is 6.17. The van der Waals surface area contributed by atoms with E-state index in [-0.39, 0.29) is 5.60 Å². The van der Waals surface area contributed by atoms with Crippen LogP contribution >= 0.6 is 0 Å². The van der Waals surface area contributed by atoms with E-state index in [9.17, 15) is 5.11 Å². The number of ether oxygens (including phenoxy) is 1. The number of likely N-dealkylation sites (tertiary alicyclic amines) is 1. The molecular weight excluding hydrogens is 214 g/mol. The molecule has 0 radical (unpaired) electrons. The van der Waals surface area contributed by atoms with Crippen LogP contribution in [0, 0.1) is 0 Å². The Morgan fingerprint density at radius 3 is 2.88 bits per heavy atom. The largest absolute Gasteiger partial charge is 0.508 e. The third kappa shape index (κ3) is 2.99. The minimum Gasteiger partial charge on any atom is -0.508 e. The molecule has 0 saturated carbocycles. The van der Waals surface area contributed by atoms with E-state index in [0.29, 0.717) is 5.75 Å². The quantitative estimate of drug-likeness (QED) is 0.873. The van der Waals surface area contributed by atoms with E-state index in [1.165, 1.54) is 0 Å². The smallest absolute Gasteiger partial charge is 0.120 e. The van der Waals surface area contributed by atoms with Gasteiger partial charge in [0, 0.05) is 25.8 Å². The maximum Gasteiger partial charge on any atom is 0.120 e. The molecule has 94 valence electrons. The summed E-state index contributed by atoms with van der Waals surface area (Å²) in [6.07, 6.45) is 2.26. The van der Waals surface area contributed by atoms with Crippen LogP contribution in [0.3, 0.4) is 0 Å². The zero-order chi connectivity index (χ0) is 12.3. The minimum atomic E-state index is -0.0390. The van der Waals surface area contributed by atoms with E-state index in [4.69, 9.17) is 4.74 Å². The number of aromatic hydroxyl groups is 1. The Hall–Kier alpha value is -1.06. The number of hydrogen-bond donors (Lipinski definition) is 1. The van der Waals surface area contributed by atoms with Gasteiger partial charge in [-0.25, -0.2) is 0 Å². The summed E-state index contributed by atoms with van der Waals surface area (Å²) in [4.78, 5) is 2.35. The molecule has 17 heavy (non-hydrogen) atoms. The van der Waals surface area contributed by atoms with Gasteiger partial charge in [-0.3, -0.25) is 4.90 Å². The summed E-state index contributed by atoms with van der Waals surface area (Å²) in [6, 6.07) is 7.55. The predicted molar refractivity (Wildman–Crippen MR) is 68.0 cm³/mol. The molecule has 0 aromatic heterocycles. The van der Waals surface area contributed by atoms with Crippen molar-refractivity contribution in [3.63, 3.8) is 0 Å². The molecule has 0 amide bonds. The van der Waals surface area contributed by atoms with Crippen LogP contribution in [0.1, 0.15) is 25.3 Å². The summed E-state index contributed by atoms with van der Waals surface area (Å²) < 4.78 is 5.57. The van der Waals surface area contributed by atoms with Gasteiger partial charge >= 0.3 is 0 Å². The van der Waals surface area contributed by atoms with Crippen LogP contribution < -0.4 is 0 Å². The van der Waals surface area contributed by atoms with Crippen molar-refractivity contribution in [2.75, 3.05) is 20.2 Å². The fourth-order valence-electron chi connectivity index (χ4n) is 2.49. The van der Waals surface area contributed by atoms with Crippen molar-refractivity contribution in [2.24, 2.45) is 0 Å². The van der Waals surface area contributed by atoms with E-state index < -0.39 is 0 Å². The molecule has 1 aromatic rings. The lowest BCUT2D eigenvalue weighted by molar-refractivity contribution is -0.0528. The number of benzene rings is 1. The third-order valence-corrected chi connectivity index (χ3v) is 3.62. The Bertz CT molecular complexity index is 380. The topological polar surface area (TPSA) is 32.7 Å². The van der Waals surface area contributed by atoms with E-state index in [2.05, 4.69) is 11.8 Å². The normalized spacial score (nSPS) is 26.0. The lowest BCUT2D eigenvalue weighted by Gasteiger charge is -2.39. The molecule has 1 heterocycles.